The van der Waals surface area contributed by atoms with Crippen LogP contribution in [0, 0.1) is 0 Å². The van der Waals surface area contributed by atoms with Crippen LogP contribution in [0.1, 0.15) is 27.0 Å². The third-order valence-corrected chi connectivity index (χ3v) is 10.3. The van der Waals surface area contributed by atoms with E-state index in [4.69, 9.17) is 9.16 Å². The molecule has 0 aliphatic carbocycles. The van der Waals surface area contributed by atoms with Gasteiger partial charge in [0.1, 0.15) is 6.10 Å². The lowest BCUT2D eigenvalue weighted by Gasteiger charge is -2.37. The van der Waals surface area contributed by atoms with E-state index < -0.39 is 42.8 Å². The lowest BCUT2D eigenvalue weighted by atomic mass is 10.2. The predicted molar refractivity (Wildman–Crippen MR) is 97.1 cm³/mol. The van der Waals surface area contributed by atoms with Crippen molar-refractivity contribution in [1.29, 1.82) is 0 Å². The van der Waals surface area contributed by atoms with Crippen molar-refractivity contribution in [2.45, 2.75) is 62.2 Å². The second-order valence-corrected chi connectivity index (χ2v) is 13.5. The molecule has 136 valence electrons. The van der Waals surface area contributed by atoms with Crippen molar-refractivity contribution in [2.24, 2.45) is 0 Å². The first-order valence-corrected chi connectivity index (χ1v) is 11.7. The summed E-state index contributed by atoms with van der Waals surface area (Å²) in [5.74, 6) is 0. The third-order valence-electron chi connectivity index (χ3n) is 4.83. The molecule has 1 aliphatic rings. The summed E-state index contributed by atoms with van der Waals surface area (Å²) in [5.41, 5.74) is -1.05. The lowest BCUT2D eigenvalue weighted by Crippen LogP contribution is -2.44. The Morgan fingerprint density at radius 2 is 2.04 bits per heavy atom. The maximum absolute atomic E-state index is 11.9. The van der Waals surface area contributed by atoms with Crippen molar-refractivity contribution >= 4 is 24.2 Å². The van der Waals surface area contributed by atoms with Gasteiger partial charge in [0, 0.05) is 12.3 Å². The summed E-state index contributed by atoms with van der Waals surface area (Å²) in [6.45, 7) is 10.9. The molecule has 4 atom stereocenters. The smallest absolute Gasteiger partial charge is 0.330 e. The van der Waals surface area contributed by atoms with E-state index in [0.29, 0.717) is 0 Å². The van der Waals surface area contributed by atoms with Crippen molar-refractivity contribution < 1.29 is 14.3 Å². The topological polar surface area (TPSA) is 93.5 Å². The highest BCUT2D eigenvalue weighted by Gasteiger charge is 2.45. The Kier molecular flexibility index (Phi) is 5.61. The van der Waals surface area contributed by atoms with Crippen LogP contribution in [0.2, 0.25) is 18.1 Å². The quantitative estimate of drug-likeness (QED) is 0.569. The van der Waals surface area contributed by atoms with Crippen LogP contribution in [0.4, 0.5) is 0 Å². The average molecular weight is 421 g/mol. The molecule has 0 unspecified atom stereocenters. The molecule has 2 N–H and O–H groups in total. The number of ether oxygens (including phenoxy) is 1. The Bertz CT molecular complexity index is 696. The van der Waals surface area contributed by atoms with Gasteiger partial charge >= 0.3 is 5.69 Å². The Balaban J connectivity index is 2.13. The number of hydrogen-bond donors (Lipinski definition) is 2. The molecule has 2 rings (SSSR count). The number of rotatable bonds is 4. The molecule has 24 heavy (non-hydrogen) atoms. The number of nitrogens with one attached hydrogen (secondary N) is 1. The zero-order valence-electron chi connectivity index (χ0n) is 14.6. The van der Waals surface area contributed by atoms with Gasteiger partial charge in [-0.2, -0.15) is 0 Å². The summed E-state index contributed by atoms with van der Waals surface area (Å²) in [7, 11) is -1.97. The number of nitrogens with zero attached hydrogens (tertiary/aromatic N) is 1. The maximum Gasteiger partial charge on any atom is 0.330 e. The Morgan fingerprint density at radius 3 is 2.58 bits per heavy atom. The van der Waals surface area contributed by atoms with Gasteiger partial charge in [-0.25, -0.2) is 4.79 Å². The van der Waals surface area contributed by atoms with Crippen molar-refractivity contribution in [1.82, 2.24) is 9.55 Å². The molecule has 0 spiro atoms. The first kappa shape index (κ1) is 19.6. The largest absolute Gasteiger partial charge is 0.414 e. The Labute approximate surface area is 150 Å². The first-order chi connectivity index (χ1) is 10.9. The summed E-state index contributed by atoms with van der Waals surface area (Å²) in [6.07, 6.45) is -0.715. The molecule has 2 heterocycles. The monoisotopic (exact) mass is 420 g/mol. The molecular weight excluding hydrogens is 396 g/mol. The minimum absolute atomic E-state index is 0.0552. The predicted octanol–water partition coefficient (Wildman–Crippen LogP) is 1.58. The van der Waals surface area contributed by atoms with Crippen molar-refractivity contribution in [3.05, 3.63) is 33.1 Å². The Hall–Kier alpha value is -0.743. The second kappa shape index (κ2) is 6.87. The van der Waals surface area contributed by atoms with Crippen LogP contribution in [0.5, 0.6) is 0 Å². The average Bonchev–Trinajstić information content (AvgIpc) is 2.72. The van der Waals surface area contributed by atoms with E-state index in [1.165, 1.54) is 16.8 Å². The molecular formula is C15H25BrN2O5Si. The number of aliphatic hydroxyl groups excluding tert-OH is 1. The molecule has 0 bridgehead atoms. The minimum atomic E-state index is -1.97. The van der Waals surface area contributed by atoms with Gasteiger partial charge < -0.3 is 14.3 Å². The van der Waals surface area contributed by atoms with E-state index in [9.17, 15) is 14.7 Å². The summed E-state index contributed by atoms with van der Waals surface area (Å²) < 4.78 is 13.2. The molecule has 7 nitrogen and oxygen atoms in total. The second-order valence-electron chi connectivity index (χ2n) is 7.59. The SMILES string of the molecule is CC(C)(C)[Si](C)(C)OC[C@H]1O[C@@H](n2ccc(=O)[nH]c2=O)[C@H](Br)[C@@H]1O. The first-order valence-electron chi connectivity index (χ1n) is 7.87. The number of H-pyrrole nitrogens is 1. The zero-order chi connectivity index (χ0) is 18.3. The number of halogens is 1. The van der Waals surface area contributed by atoms with E-state index in [2.05, 4.69) is 54.8 Å². The number of hydrogen-bond acceptors (Lipinski definition) is 5. The molecule has 1 saturated heterocycles. The van der Waals surface area contributed by atoms with Gasteiger partial charge in [-0.3, -0.25) is 14.3 Å². The maximum atomic E-state index is 11.9. The lowest BCUT2D eigenvalue weighted by molar-refractivity contribution is -0.0430. The number of alkyl halides is 1. The summed E-state index contributed by atoms with van der Waals surface area (Å²) in [4.78, 5) is 24.8. The van der Waals surface area contributed by atoms with Crippen LogP contribution in [0.25, 0.3) is 0 Å². The van der Waals surface area contributed by atoms with E-state index in [-0.39, 0.29) is 11.6 Å². The third kappa shape index (κ3) is 3.91. The van der Waals surface area contributed by atoms with Gasteiger partial charge in [-0.05, 0) is 18.1 Å². The van der Waals surface area contributed by atoms with Crippen LogP contribution in [0.3, 0.4) is 0 Å². The molecule has 1 aliphatic heterocycles. The molecule has 0 saturated carbocycles. The van der Waals surface area contributed by atoms with Gasteiger partial charge in [0.25, 0.3) is 5.56 Å². The van der Waals surface area contributed by atoms with Gasteiger partial charge in [0.15, 0.2) is 14.5 Å². The highest BCUT2D eigenvalue weighted by Crippen LogP contribution is 2.38. The molecule has 9 heteroatoms. The van der Waals surface area contributed by atoms with Crippen LogP contribution in [0.15, 0.2) is 21.9 Å². The van der Waals surface area contributed by atoms with Crippen LogP contribution in [-0.4, -0.2) is 46.6 Å². The summed E-state index contributed by atoms with van der Waals surface area (Å²) >= 11 is 3.39. The summed E-state index contributed by atoms with van der Waals surface area (Å²) in [6, 6.07) is 1.25. The molecule has 1 aromatic rings. The zero-order valence-corrected chi connectivity index (χ0v) is 17.2. The fourth-order valence-electron chi connectivity index (χ4n) is 2.20. The summed E-state index contributed by atoms with van der Waals surface area (Å²) in [5, 5.41) is 10.5. The highest BCUT2D eigenvalue weighted by atomic mass is 79.9. The van der Waals surface area contributed by atoms with E-state index >= 15 is 0 Å². The molecule has 0 radical (unpaired) electrons. The number of aromatic nitrogens is 2. The van der Waals surface area contributed by atoms with Crippen LogP contribution in [-0.2, 0) is 9.16 Å². The minimum Gasteiger partial charge on any atom is -0.414 e. The highest BCUT2D eigenvalue weighted by molar-refractivity contribution is 9.09. The fraction of sp³-hybridized carbons (Fsp3) is 0.733. The van der Waals surface area contributed by atoms with Gasteiger partial charge in [-0.1, -0.05) is 36.7 Å². The van der Waals surface area contributed by atoms with Crippen molar-refractivity contribution in [3.8, 4) is 0 Å². The van der Waals surface area contributed by atoms with Crippen molar-refractivity contribution in [2.75, 3.05) is 6.61 Å². The standard InChI is InChI=1S/C15H25BrN2O5Si/c1-15(2,3)24(4,5)22-8-9-12(20)11(16)13(23-9)18-7-6-10(19)17-14(18)21/h6-7,9,11-13,20H,8H2,1-5H3,(H,17,19,21)/t9-,11-,12-,13-/m1/s1. The van der Waals surface area contributed by atoms with E-state index in [1.807, 2.05) is 0 Å². The van der Waals surface area contributed by atoms with Gasteiger partial charge in [0.2, 0.25) is 0 Å². The van der Waals surface area contributed by atoms with Gasteiger partial charge in [0.05, 0.1) is 17.5 Å². The molecule has 0 amide bonds. The molecule has 0 aromatic carbocycles. The normalized spacial score (nSPS) is 28.3. The van der Waals surface area contributed by atoms with Gasteiger partial charge in [-0.15, -0.1) is 0 Å². The van der Waals surface area contributed by atoms with E-state index in [1.54, 1.807) is 0 Å². The van der Waals surface area contributed by atoms with Crippen LogP contribution >= 0.6 is 15.9 Å². The number of aromatic amines is 1. The number of aliphatic hydroxyl groups is 1. The van der Waals surface area contributed by atoms with Crippen LogP contribution < -0.4 is 11.2 Å². The Morgan fingerprint density at radius 1 is 1.42 bits per heavy atom. The molecule has 1 fully saturated rings. The van der Waals surface area contributed by atoms with E-state index in [0.717, 1.165) is 0 Å². The fourth-order valence-corrected chi connectivity index (χ4v) is 3.93. The van der Waals surface area contributed by atoms with Crippen molar-refractivity contribution in [3.63, 3.8) is 0 Å². The molecule has 1 aromatic heterocycles.